The summed E-state index contributed by atoms with van der Waals surface area (Å²) in [4.78, 5) is 12.8. The van der Waals surface area contributed by atoms with E-state index in [0.29, 0.717) is 18.2 Å². The van der Waals surface area contributed by atoms with Gasteiger partial charge in [0.25, 0.3) is 0 Å². The molecule has 0 bridgehead atoms. The van der Waals surface area contributed by atoms with Crippen LogP contribution in [0.1, 0.15) is 18.4 Å². The van der Waals surface area contributed by atoms with E-state index in [-0.39, 0.29) is 11.9 Å². The van der Waals surface area contributed by atoms with Crippen molar-refractivity contribution < 1.29 is 4.79 Å². The molecular formula is C14H20N2OS. The van der Waals surface area contributed by atoms with Crippen LogP contribution in [0.2, 0.25) is 0 Å². The van der Waals surface area contributed by atoms with Crippen molar-refractivity contribution in [2.75, 3.05) is 12.3 Å². The lowest BCUT2D eigenvalue weighted by molar-refractivity contribution is -0.118. The third-order valence-electron chi connectivity index (χ3n) is 3.15. The van der Waals surface area contributed by atoms with Crippen LogP contribution in [0.5, 0.6) is 0 Å². The Morgan fingerprint density at radius 1 is 1.44 bits per heavy atom. The van der Waals surface area contributed by atoms with Gasteiger partial charge in [-0.2, -0.15) is 0 Å². The molecule has 3 nitrogen and oxygen atoms in total. The molecule has 98 valence electrons. The van der Waals surface area contributed by atoms with Crippen LogP contribution in [0.15, 0.2) is 29.2 Å². The normalized spacial score (nSPS) is 16.3. The minimum absolute atomic E-state index is 0.0664. The number of benzene rings is 1. The monoisotopic (exact) mass is 264 g/mol. The van der Waals surface area contributed by atoms with Gasteiger partial charge in [-0.1, -0.05) is 17.7 Å². The number of carbonyl (C=O) groups excluding carboxylic acids is 1. The first kappa shape index (κ1) is 13.4. The standard InChI is InChI=1S/C14H20N2OS/c1-10-2-6-12(7-3-10)18-9-14(17)16-8-13(15)11-4-5-11/h2-3,6-7,11,13H,4-5,8-9,15H2,1H3,(H,16,17). The number of hydrogen-bond donors (Lipinski definition) is 2. The van der Waals surface area contributed by atoms with E-state index in [1.165, 1.54) is 18.4 Å². The van der Waals surface area contributed by atoms with Crippen LogP contribution < -0.4 is 11.1 Å². The largest absolute Gasteiger partial charge is 0.354 e. The lowest BCUT2D eigenvalue weighted by atomic mass is 10.2. The molecule has 1 fully saturated rings. The van der Waals surface area contributed by atoms with Crippen molar-refractivity contribution in [2.45, 2.75) is 30.7 Å². The van der Waals surface area contributed by atoms with E-state index in [0.717, 1.165) is 4.90 Å². The molecule has 1 saturated carbocycles. The van der Waals surface area contributed by atoms with Crippen LogP contribution in [0.4, 0.5) is 0 Å². The number of amides is 1. The maximum Gasteiger partial charge on any atom is 0.230 e. The molecule has 3 N–H and O–H groups in total. The summed E-state index contributed by atoms with van der Waals surface area (Å²) in [5, 5.41) is 2.90. The predicted molar refractivity (Wildman–Crippen MR) is 75.6 cm³/mol. The zero-order valence-corrected chi connectivity index (χ0v) is 11.5. The third-order valence-corrected chi connectivity index (χ3v) is 4.17. The summed E-state index contributed by atoms with van der Waals surface area (Å²) in [6, 6.07) is 8.34. The van der Waals surface area contributed by atoms with Gasteiger partial charge in [-0.3, -0.25) is 4.79 Å². The highest BCUT2D eigenvalue weighted by atomic mass is 32.2. The van der Waals surface area contributed by atoms with Crippen molar-refractivity contribution in [3.05, 3.63) is 29.8 Å². The summed E-state index contributed by atoms with van der Waals surface area (Å²) in [6.45, 7) is 2.67. The molecule has 1 unspecified atom stereocenters. The Morgan fingerprint density at radius 3 is 2.72 bits per heavy atom. The minimum atomic E-state index is 0.0664. The van der Waals surface area contributed by atoms with Crippen molar-refractivity contribution in [3.63, 3.8) is 0 Å². The van der Waals surface area contributed by atoms with E-state index in [4.69, 9.17) is 5.73 Å². The number of aryl methyl sites for hydroxylation is 1. The van der Waals surface area contributed by atoms with Gasteiger partial charge in [0.2, 0.25) is 5.91 Å². The Bertz CT molecular complexity index is 401. The summed E-state index contributed by atoms with van der Waals surface area (Å²) in [7, 11) is 0. The molecule has 0 aliphatic heterocycles. The second-order valence-electron chi connectivity index (χ2n) is 4.91. The highest BCUT2D eigenvalue weighted by Gasteiger charge is 2.28. The fourth-order valence-corrected chi connectivity index (χ4v) is 2.49. The van der Waals surface area contributed by atoms with Crippen LogP contribution in [0.25, 0.3) is 0 Å². The van der Waals surface area contributed by atoms with Crippen LogP contribution in [-0.4, -0.2) is 24.2 Å². The van der Waals surface area contributed by atoms with Crippen LogP contribution >= 0.6 is 11.8 Å². The topological polar surface area (TPSA) is 55.1 Å². The van der Waals surface area contributed by atoms with Gasteiger partial charge in [0, 0.05) is 17.5 Å². The summed E-state index contributed by atoms with van der Waals surface area (Å²) in [5.74, 6) is 1.16. The molecule has 1 atom stereocenters. The SMILES string of the molecule is Cc1ccc(SCC(=O)NCC(N)C2CC2)cc1. The molecule has 1 aromatic carbocycles. The number of rotatable bonds is 6. The number of nitrogens with two attached hydrogens (primary N) is 1. The first-order chi connectivity index (χ1) is 8.65. The molecule has 0 aromatic heterocycles. The van der Waals surface area contributed by atoms with Crippen LogP contribution in [-0.2, 0) is 4.79 Å². The predicted octanol–water partition coefficient (Wildman–Crippen LogP) is 1.94. The zero-order valence-electron chi connectivity index (χ0n) is 10.7. The van der Waals surface area contributed by atoms with Crippen LogP contribution in [0, 0.1) is 12.8 Å². The average Bonchev–Trinajstić information content (AvgIpc) is 3.19. The smallest absolute Gasteiger partial charge is 0.230 e. The Balaban J connectivity index is 1.66. The maximum absolute atomic E-state index is 11.6. The van der Waals surface area contributed by atoms with Crippen molar-refractivity contribution in [3.8, 4) is 0 Å². The zero-order chi connectivity index (χ0) is 13.0. The molecule has 0 heterocycles. The molecule has 1 aromatic rings. The average molecular weight is 264 g/mol. The van der Waals surface area contributed by atoms with Crippen molar-refractivity contribution in [1.82, 2.24) is 5.32 Å². The van der Waals surface area contributed by atoms with E-state index in [9.17, 15) is 4.79 Å². The summed E-state index contributed by atoms with van der Waals surface area (Å²) >= 11 is 1.56. The molecule has 0 spiro atoms. The number of hydrogen-bond acceptors (Lipinski definition) is 3. The van der Waals surface area contributed by atoms with Gasteiger partial charge in [-0.15, -0.1) is 11.8 Å². The summed E-state index contributed by atoms with van der Waals surface area (Å²) in [5.41, 5.74) is 7.17. The number of thioether (sulfide) groups is 1. The van der Waals surface area contributed by atoms with E-state index in [1.807, 2.05) is 12.1 Å². The van der Waals surface area contributed by atoms with Crippen molar-refractivity contribution >= 4 is 17.7 Å². The second-order valence-corrected chi connectivity index (χ2v) is 5.96. The summed E-state index contributed by atoms with van der Waals surface area (Å²) < 4.78 is 0. The molecule has 1 aliphatic rings. The first-order valence-electron chi connectivity index (χ1n) is 6.37. The van der Waals surface area contributed by atoms with E-state index >= 15 is 0 Å². The quantitative estimate of drug-likeness (QED) is 0.772. The minimum Gasteiger partial charge on any atom is -0.354 e. The Hall–Kier alpha value is -1.00. The molecule has 2 rings (SSSR count). The third kappa shape index (κ3) is 4.35. The lowest BCUT2D eigenvalue weighted by Gasteiger charge is -2.11. The second kappa shape index (κ2) is 6.25. The van der Waals surface area contributed by atoms with E-state index in [2.05, 4.69) is 24.4 Å². The fraction of sp³-hybridized carbons (Fsp3) is 0.500. The van der Waals surface area contributed by atoms with Crippen molar-refractivity contribution in [2.24, 2.45) is 11.7 Å². The molecule has 0 saturated heterocycles. The molecule has 1 amide bonds. The first-order valence-corrected chi connectivity index (χ1v) is 7.35. The lowest BCUT2D eigenvalue weighted by Crippen LogP contribution is -2.39. The fourth-order valence-electron chi connectivity index (χ4n) is 1.76. The number of carbonyl (C=O) groups is 1. The molecule has 1 aliphatic carbocycles. The molecule has 0 radical (unpaired) electrons. The highest BCUT2D eigenvalue weighted by molar-refractivity contribution is 8.00. The number of nitrogens with one attached hydrogen (secondary N) is 1. The highest BCUT2D eigenvalue weighted by Crippen LogP contribution is 2.31. The Labute approximate surface area is 113 Å². The van der Waals surface area contributed by atoms with E-state index < -0.39 is 0 Å². The molecule has 4 heteroatoms. The van der Waals surface area contributed by atoms with Gasteiger partial charge in [0.15, 0.2) is 0 Å². The Morgan fingerprint density at radius 2 is 2.11 bits per heavy atom. The van der Waals surface area contributed by atoms with Gasteiger partial charge < -0.3 is 11.1 Å². The van der Waals surface area contributed by atoms with Gasteiger partial charge in [0.1, 0.15) is 0 Å². The molecule has 18 heavy (non-hydrogen) atoms. The summed E-state index contributed by atoms with van der Waals surface area (Å²) in [6.07, 6.45) is 2.43. The van der Waals surface area contributed by atoms with Gasteiger partial charge in [-0.05, 0) is 37.8 Å². The Kier molecular flexibility index (Phi) is 4.66. The van der Waals surface area contributed by atoms with Crippen LogP contribution in [0.3, 0.4) is 0 Å². The molecular weight excluding hydrogens is 244 g/mol. The van der Waals surface area contributed by atoms with E-state index in [1.54, 1.807) is 11.8 Å². The maximum atomic E-state index is 11.6. The van der Waals surface area contributed by atoms with Gasteiger partial charge in [-0.25, -0.2) is 0 Å². The van der Waals surface area contributed by atoms with Gasteiger partial charge >= 0.3 is 0 Å². The van der Waals surface area contributed by atoms with Crippen molar-refractivity contribution in [1.29, 1.82) is 0 Å². The van der Waals surface area contributed by atoms with Gasteiger partial charge in [0.05, 0.1) is 5.75 Å².